The van der Waals surface area contributed by atoms with Gasteiger partial charge in [0.1, 0.15) is 12.4 Å². The molecule has 1 heterocycles. The van der Waals surface area contributed by atoms with Crippen molar-refractivity contribution in [1.82, 2.24) is 20.1 Å². The SMILES string of the molecule is CC1CCCCC1NC(=O)CSc1nnc(COc2ccc3c(c2)CCCC3)n1C. The lowest BCUT2D eigenvalue weighted by Crippen LogP contribution is -2.41. The van der Waals surface area contributed by atoms with E-state index in [4.69, 9.17) is 4.74 Å². The van der Waals surface area contributed by atoms with Crippen LogP contribution in [-0.4, -0.2) is 32.5 Å². The van der Waals surface area contributed by atoms with E-state index in [-0.39, 0.29) is 5.91 Å². The molecule has 1 amide bonds. The van der Waals surface area contributed by atoms with E-state index in [1.54, 1.807) is 0 Å². The summed E-state index contributed by atoms with van der Waals surface area (Å²) in [6, 6.07) is 6.71. The van der Waals surface area contributed by atoms with Crippen molar-refractivity contribution in [2.75, 3.05) is 5.75 Å². The number of thioether (sulfide) groups is 1. The summed E-state index contributed by atoms with van der Waals surface area (Å²) in [5.74, 6) is 2.65. The number of nitrogens with zero attached hydrogens (tertiary/aromatic N) is 3. The summed E-state index contributed by atoms with van der Waals surface area (Å²) in [5, 5.41) is 12.4. The lowest BCUT2D eigenvalue weighted by molar-refractivity contribution is -0.119. The van der Waals surface area contributed by atoms with Crippen molar-refractivity contribution in [1.29, 1.82) is 0 Å². The van der Waals surface area contributed by atoms with Gasteiger partial charge in [-0.05, 0) is 67.7 Å². The van der Waals surface area contributed by atoms with Crippen LogP contribution in [0.3, 0.4) is 0 Å². The van der Waals surface area contributed by atoms with Gasteiger partial charge in [-0.2, -0.15) is 0 Å². The number of carbonyl (C=O) groups excluding carboxylic acids is 1. The van der Waals surface area contributed by atoms with E-state index in [0.717, 1.165) is 29.6 Å². The van der Waals surface area contributed by atoms with Crippen LogP contribution in [0.5, 0.6) is 5.75 Å². The minimum atomic E-state index is 0.0774. The van der Waals surface area contributed by atoms with Gasteiger partial charge >= 0.3 is 0 Å². The molecular formula is C23H32N4O2S. The van der Waals surface area contributed by atoms with Crippen molar-refractivity contribution < 1.29 is 9.53 Å². The quantitative estimate of drug-likeness (QED) is 0.674. The maximum absolute atomic E-state index is 12.4. The first-order valence-corrected chi connectivity index (χ1v) is 12.1. The molecule has 0 spiro atoms. The van der Waals surface area contributed by atoms with E-state index in [0.29, 0.717) is 24.3 Å². The Kier molecular flexibility index (Phi) is 6.97. The molecule has 7 heteroatoms. The smallest absolute Gasteiger partial charge is 0.230 e. The summed E-state index contributed by atoms with van der Waals surface area (Å²) in [6.45, 7) is 2.60. The van der Waals surface area contributed by atoms with Crippen molar-refractivity contribution in [2.24, 2.45) is 13.0 Å². The molecule has 2 aromatic rings. The molecule has 1 fully saturated rings. The van der Waals surface area contributed by atoms with Crippen molar-refractivity contribution in [3.63, 3.8) is 0 Å². The van der Waals surface area contributed by atoms with E-state index in [9.17, 15) is 4.79 Å². The Hall–Kier alpha value is -2.02. The number of amides is 1. The van der Waals surface area contributed by atoms with E-state index >= 15 is 0 Å². The molecule has 0 aliphatic heterocycles. The number of nitrogens with one attached hydrogen (secondary N) is 1. The van der Waals surface area contributed by atoms with Crippen LogP contribution >= 0.6 is 11.8 Å². The Morgan fingerprint density at radius 2 is 1.97 bits per heavy atom. The van der Waals surface area contributed by atoms with Crippen LogP contribution in [0.2, 0.25) is 0 Å². The van der Waals surface area contributed by atoms with Crippen LogP contribution in [0.15, 0.2) is 23.4 Å². The zero-order chi connectivity index (χ0) is 20.9. The van der Waals surface area contributed by atoms with Crippen LogP contribution in [-0.2, 0) is 31.3 Å². The van der Waals surface area contributed by atoms with Crippen molar-refractivity contribution >= 4 is 17.7 Å². The molecule has 2 aliphatic rings. The topological polar surface area (TPSA) is 69.0 Å². The summed E-state index contributed by atoms with van der Waals surface area (Å²) in [4.78, 5) is 12.4. The zero-order valence-corrected chi connectivity index (χ0v) is 18.8. The number of ether oxygens (including phenoxy) is 1. The number of aryl methyl sites for hydroxylation is 2. The molecule has 6 nitrogen and oxygen atoms in total. The molecule has 30 heavy (non-hydrogen) atoms. The van der Waals surface area contributed by atoms with Crippen molar-refractivity contribution in [3.05, 3.63) is 35.2 Å². The maximum atomic E-state index is 12.4. The van der Waals surface area contributed by atoms with Crippen LogP contribution < -0.4 is 10.1 Å². The van der Waals surface area contributed by atoms with Crippen LogP contribution in [0.1, 0.15) is 62.4 Å². The first-order valence-electron chi connectivity index (χ1n) is 11.1. The van der Waals surface area contributed by atoms with Crippen LogP contribution in [0.4, 0.5) is 0 Å². The Morgan fingerprint density at radius 1 is 1.17 bits per heavy atom. The lowest BCUT2D eigenvalue weighted by atomic mass is 9.86. The molecule has 0 bridgehead atoms. The van der Waals surface area contributed by atoms with E-state index < -0.39 is 0 Å². The molecule has 1 N–H and O–H groups in total. The first-order chi connectivity index (χ1) is 14.6. The summed E-state index contributed by atoms with van der Waals surface area (Å²) in [6.07, 6.45) is 9.63. The highest BCUT2D eigenvalue weighted by Crippen LogP contribution is 2.26. The Morgan fingerprint density at radius 3 is 2.80 bits per heavy atom. The highest BCUT2D eigenvalue weighted by molar-refractivity contribution is 7.99. The molecule has 2 atom stereocenters. The Balaban J connectivity index is 1.28. The maximum Gasteiger partial charge on any atom is 0.230 e. The molecule has 1 aromatic heterocycles. The van der Waals surface area contributed by atoms with Gasteiger partial charge in [0.15, 0.2) is 11.0 Å². The summed E-state index contributed by atoms with van der Waals surface area (Å²) >= 11 is 1.43. The Labute approximate surface area is 183 Å². The minimum Gasteiger partial charge on any atom is -0.486 e. The highest BCUT2D eigenvalue weighted by Gasteiger charge is 2.23. The van der Waals surface area contributed by atoms with Gasteiger partial charge in [0.25, 0.3) is 0 Å². The monoisotopic (exact) mass is 428 g/mol. The number of benzene rings is 1. The van der Waals surface area contributed by atoms with Gasteiger partial charge in [-0.25, -0.2) is 0 Å². The standard InChI is InChI=1S/C23H32N4O2S/c1-16-7-3-6-10-20(16)24-22(28)15-30-23-26-25-21(27(23)2)14-29-19-12-11-17-8-4-5-9-18(17)13-19/h11-13,16,20H,3-10,14-15H2,1-2H3,(H,24,28). The van der Waals surface area contributed by atoms with Gasteiger partial charge in [-0.15, -0.1) is 10.2 Å². The number of hydrogen-bond acceptors (Lipinski definition) is 5. The third kappa shape index (κ3) is 5.17. The van der Waals surface area contributed by atoms with Gasteiger partial charge in [0.2, 0.25) is 5.91 Å². The largest absolute Gasteiger partial charge is 0.486 e. The fourth-order valence-corrected chi connectivity index (χ4v) is 5.19. The number of fused-ring (bicyclic) bond motifs is 1. The number of rotatable bonds is 7. The molecule has 1 aromatic carbocycles. The molecule has 2 aliphatic carbocycles. The second-order valence-electron chi connectivity index (χ2n) is 8.61. The third-order valence-electron chi connectivity index (χ3n) is 6.40. The molecule has 2 unspecified atom stereocenters. The van der Waals surface area contributed by atoms with E-state index in [1.165, 1.54) is 61.4 Å². The molecular weight excluding hydrogens is 396 g/mol. The van der Waals surface area contributed by atoms with Crippen molar-refractivity contribution in [3.8, 4) is 5.75 Å². The molecule has 0 radical (unpaired) electrons. The zero-order valence-electron chi connectivity index (χ0n) is 18.0. The van der Waals surface area contributed by atoms with Gasteiger partial charge in [-0.3, -0.25) is 4.79 Å². The molecule has 162 valence electrons. The minimum absolute atomic E-state index is 0.0774. The van der Waals surface area contributed by atoms with Crippen LogP contribution in [0.25, 0.3) is 0 Å². The fourth-order valence-electron chi connectivity index (χ4n) is 4.45. The normalized spacial score (nSPS) is 21.1. The van der Waals surface area contributed by atoms with E-state index in [1.807, 2.05) is 17.7 Å². The van der Waals surface area contributed by atoms with Gasteiger partial charge in [0, 0.05) is 13.1 Å². The highest BCUT2D eigenvalue weighted by atomic mass is 32.2. The number of hydrogen-bond donors (Lipinski definition) is 1. The summed E-state index contributed by atoms with van der Waals surface area (Å²) < 4.78 is 7.89. The number of aromatic nitrogens is 3. The van der Waals surface area contributed by atoms with Crippen LogP contribution in [0, 0.1) is 5.92 Å². The van der Waals surface area contributed by atoms with Gasteiger partial charge in [0.05, 0.1) is 5.75 Å². The van der Waals surface area contributed by atoms with Gasteiger partial charge in [-0.1, -0.05) is 37.6 Å². The fraction of sp³-hybridized carbons (Fsp3) is 0.609. The average Bonchev–Trinajstić information content (AvgIpc) is 3.11. The Bertz CT molecular complexity index is 882. The average molecular weight is 429 g/mol. The lowest BCUT2D eigenvalue weighted by Gasteiger charge is -2.29. The van der Waals surface area contributed by atoms with Crippen molar-refractivity contribution in [2.45, 2.75) is 76.1 Å². The summed E-state index contributed by atoms with van der Waals surface area (Å²) in [5.41, 5.74) is 2.86. The predicted octanol–water partition coefficient (Wildman–Crippen LogP) is 4.06. The van der Waals surface area contributed by atoms with Gasteiger partial charge < -0.3 is 14.6 Å². The predicted molar refractivity (Wildman–Crippen MR) is 119 cm³/mol. The molecule has 1 saturated carbocycles. The molecule has 4 rings (SSSR count). The number of carbonyl (C=O) groups is 1. The van der Waals surface area contributed by atoms with E-state index in [2.05, 4.69) is 34.6 Å². The first kappa shape index (κ1) is 21.2. The third-order valence-corrected chi connectivity index (χ3v) is 7.42. The second kappa shape index (κ2) is 9.86. The molecule has 0 saturated heterocycles. The summed E-state index contributed by atoms with van der Waals surface area (Å²) in [7, 11) is 1.93. The second-order valence-corrected chi connectivity index (χ2v) is 9.55.